The lowest BCUT2D eigenvalue weighted by Crippen LogP contribution is -2.68. The zero-order valence-electron chi connectivity index (χ0n) is 17.3. The van der Waals surface area contributed by atoms with Gasteiger partial charge in [0.2, 0.25) is 5.79 Å². The molecule has 0 aromatic rings. The first-order valence-corrected chi connectivity index (χ1v) is 11.2. The Labute approximate surface area is 167 Å². The molecule has 9 rings (SSSR count). The van der Waals surface area contributed by atoms with Crippen LogP contribution in [0.25, 0.3) is 0 Å². The van der Waals surface area contributed by atoms with Gasteiger partial charge < -0.3 is 14.2 Å². The molecule has 0 radical (unpaired) electrons. The molecule has 0 aromatic carbocycles. The summed E-state index contributed by atoms with van der Waals surface area (Å²) in [5.41, 5.74) is 0.0903. The number of nitrogens with one attached hydrogen (secondary N) is 1. The molecule has 8 bridgehead atoms. The molecule has 6 heterocycles. The average Bonchev–Trinajstić information content (AvgIpc) is 2.92. The van der Waals surface area contributed by atoms with Gasteiger partial charge in [-0.15, -0.1) is 0 Å². The minimum absolute atomic E-state index is 0.125. The topological polar surface area (TPSA) is 73.9 Å². The van der Waals surface area contributed by atoms with Gasteiger partial charge in [0.1, 0.15) is 6.23 Å². The highest BCUT2D eigenvalue weighted by atomic mass is 16.7. The van der Waals surface area contributed by atoms with Crippen molar-refractivity contribution in [2.45, 2.75) is 90.2 Å². The fraction of sp³-hybridized carbons (Fsp3) is 0.909. The van der Waals surface area contributed by atoms with Gasteiger partial charge >= 0.3 is 11.9 Å². The third-order valence-corrected chi connectivity index (χ3v) is 9.28. The second-order valence-electron chi connectivity index (χ2n) is 10.2. The Morgan fingerprint density at radius 3 is 2.57 bits per heavy atom. The minimum Gasteiger partial charge on any atom is -0.458 e. The molecule has 6 heteroatoms. The fourth-order valence-electron chi connectivity index (χ4n) is 7.89. The lowest BCUT2D eigenvalue weighted by atomic mass is 9.47. The van der Waals surface area contributed by atoms with Crippen molar-refractivity contribution in [2.75, 3.05) is 6.61 Å². The van der Waals surface area contributed by atoms with E-state index in [0.717, 1.165) is 38.0 Å². The van der Waals surface area contributed by atoms with Gasteiger partial charge in [-0.05, 0) is 75.0 Å². The number of fused-ring (bicyclic) bond motifs is 1. The number of carbonyl (C=O) groups is 2. The van der Waals surface area contributed by atoms with Gasteiger partial charge in [-0.1, -0.05) is 13.8 Å². The predicted molar refractivity (Wildman–Crippen MR) is 101 cm³/mol. The van der Waals surface area contributed by atoms with E-state index in [4.69, 9.17) is 14.2 Å². The van der Waals surface area contributed by atoms with E-state index in [-0.39, 0.29) is 18.2 Å². The summed E-state index contributed by atoms with van der Waals surface area (Å²) in [5.74, 6) is -0.984. The van der Waals surface area contributed by atoms with Crippen molar-refractivity contribution in [2.24, 2.45) is 28.6 Å². The zero-order chi connectivity index (χ0) is 19.7. The molecule has 3 saturated carbocycles. The maximum Gasteiger partial charge on any atom is 0.420 e. The highest BCUT2D eigenvalue weighted by molar-refractivity contribution is 6.29. The van der Waals surface area contributed by atoms with Crippen molar-refractivity contribution in [1.29, 1.82) is 0 Å². The van der Waals surface area contributed by atoms with E-state index in [2.05, 4.69) is 19.2 Å². The molecule has 9 aliphatic rings. The maximum atomic E-state index is 12.6. The number of carbonyl (C=O) groups excluding carboxylic acids is 2. The Morgan fingerprint density at radius 2 is 1.79 bits per heavy atom. The van der Waals surface area contributed by atoms with Crippen molar-refractivity contribution < 1.29 is 23.8 Å². The summed E-state index contributed by atoms with van der Waals surface area (Å²) >= 11 is 0. The Balaban J connectivity index is 1.55. The molecule has 0 amide bonds. The lowest BCUT2D eigenvalue weighted by molar-refractivity contribution is -0.324. The summed E-state index contributed by atoms with van der Waals surface area (Å²) in [5, 5.41) is 3.76. The fourth-order valence-corrected chi connectivity index (χ4v) is 7.89. The van der Waals surface area contributed by atoms with Gasteiger partial charge in [0.15, 0.2) is 0 Å². The van der Waals surface area contributed by atoms with Gasteiger partial charge in [0.25, 0.3) is 0 Å². The van der Waals surface area contributed by atoms with Crippen molar-refractivity contribution in [3.05, 3.63) is 0 Å². The van der Waals surface area contributed by atoms with Crippen LogP contribution >= 0.6 is 0 Å². The van der Waals surface area contributed by atoms with Crippen LogP contribution < -0.4 is 5.32 Å². The van der Waals surface area contributed by atoms with Crippen LogP contribution in [0.3, 0.4) is 0 Å². The van der Waals surface area contributed by atoms with E-state index in [1.165, 1.54) is 12.8 Å². The van der Waals surface area contributed by atoms with Crippen molar-refractivity contribution >= 4 is 11.9 Å². The predicted octanol–water partition coefficient (Wildman–Crippen LogP) is 3.14. The standard InChI is InChI=1S/C22H33NO5/c1-4-26-18(24)19(25)28-22-12-8-15-13-5-6-16-20(2,10-9-17(23-16)27-22)14(13)7-11-21(15,22)3/h13-17,23H,4-12H2,1-3H3/t13-,14?,15-,16-,17?,20-,21+,22?/m1/s1. The van der Waals surface area contributed by atoms with Gasteiger partial charge in [-0.25, -0.2) is 9.59 Å². The molecular weight excluding hydrogens is 358 g/mol. The van der Waals surface area contributed by atoms with Gasteiger partial charge in [0.05, 0.1) is 6.61 Å². The van der Waals surface area contributed by atoms with Crippen LogP contribution in [0.1, 0.15) is 72.1 Å². The minimum atomic E-state index is -1.03. The molecule has 3 aliphatic carbocycles. The average molecular weight is 392 g/mol. The number of hydrogen-bond acceptors (Lipinski definition) is 6. The summed E-state index contributed by atoms with van der Waals surface area (Å²) in [6.07, 6.45) is 8.22. The molecule has 1 N–H and O–H groups in total. The molecular formula is C22H33NO5. The number of piperidine rings is 1. The second kappa shape index (κ2) is 6.18. The van der Waals surface area contributed by atoms with Crippen LogP contribution in [0.2, 0.25) is 0 Å². The Hall–Kier alpha value is -1.14. The second-order valence-corrected chi connectivity index (χ2v) is 10.2. The highest BCUT2D eigenvalue weighted by Gasteiger charge is 2.69. The summed E-state index contributed by atoms with van der Waals surface area (Å²) in [4.78, 5) is 24.6. The van der Waals surface area contributed by atoms with E-state index in [1.807, 2.05) is 0 Å². The molecule has 8 atom stereocenters. The number of hydrogen-bond donors (Lipinski definition) is 1. The van der Waals surface area contributed by atoms with E-state index in [0.29, 0.717) is 29.7 Å². The van der Waals surface area contributed by atoms with Crippen LogP contribution in [0.15, 0.2) is 0 Å². The Morgan fingerprint density at radius 1 is 1.00 bits per heavy atom. The maximum absolute atomic E-state index is 12.6. The quantitative estimate of drug-likeness (QED) is 0.576. The Kier molecular flexibility index (Phi) is 4.16. The molecule has 9 fully saturated rings. The first kappa shape index (κ1) is 18.9. The van der Waals surface area contributed by atoms with Crippen molar-refractivity contribution in [1.82, 2.24) is 5.32 Å². The Bertz CT molecular complexity index is 696. The van der Waals surface area contributed by atoms with Gasteiger partial charge in [-0.2, -0.15) is 0 Å². The summed E-state index contributed by atoms with van der Waals surface area (Å²) in [7, 11) is 0. The molecule has 0 spiro atoms. The van der Waals surface area contributed by atoms with Crippen LogP contribution in [0.5, 0.6) is 0 Å². The molecule has 0 aromatic heterocycles. The van der Waals surface area contributed by atoms with Gasteiger partial charge in [-0.3, -0.25) is 5.32 Å². The molecule has 28 heavy (non-hydrogen) atoms. The first-order valence-electron chi connectivity index (χ1n) is 11.2. The largest absolute Gasteiger partial charge is 0.458 e. The van der Waals surface area contributed by atoms with E-state index >= 15 is 0 Å². The summed E-state index contributed by atoms with van der Waals surface area (Å²) < 4.78 is 17.5. The highest BCUT2D eigenvalue weighted by Crippen LogP contribution is 2.69. The van der Waals surface area contributed by atoms with Crippen LogP contribution in [0.4, 0.5) is 0 Å². The molecule has 3 unspecified atom stereocenters. The summed E-state index contributed by atoms with van der Waals surface area (Å²) in [6.45, 7) is 6.58. The lowest BCUT2D eigenvalue weighted by Gasteiger charge is -2.64. The third kappa shape index (κ3) is 2.33. The zero-order valence-corrected chi connectivity index (χ0v) is 17.3. The van der Waals surface area contributed by atoms with E-state index < -0.39 is 17.7 Å². The van der Waals surface area contributed by atoms with Crippen molar-refractivity contribution in [3.8, 4) is 0 Å². The molecule has 156 valence electrons. The van der Waals surface area contributed by atoms with E-state index in [1.54, 1.807) is 6.92 Å². The molecule has 6 nitrogen and oxygen atoms in total. The molecule has 6 aliphatic heterocycles. The number of rotatable bonds is 2. The number of ether oxygens (including phenoxy) is 3. The smallest absolute Gasteiger partial charge is 0.420 e. The monoisotopic (exact) mass is 391 g/mol. The van der Waals surface area contributed by atoms with E-state index in [9.17, 15) is 9.59 Å². The normalized spacial score (nSPS) is 51.2. The SMILES string of the molecule is CCOC(=O)C(=O)OC12CC[C@@H]3[C@@H]4CC[C@H]5NC(CC[C@]5(C)C4CC[C@@]31C)O2. The first-order chi connectivity index (χ1) is 13.3. The van der Waals surface area contributed by atoms with Crippen LogP contribution in [0, 0.1) is 28.6 Å². The van der Waals surface area contributed by atoms with Crippen LogP contribution in [-0.2, 0) is 23.8 Å². The van der Waals surface area contributed by atoms with Crippen molar-refractivity contribution in [3.63, 3.8) is 0 Å². The van der Waals surface area contributed by atoms with Gasteiger partial charge in [0, 0.05) is 17.9 Å². The third-order valence-electron chi connectivity index (χ3n) is 9.28. The molecule has 6 saturated heterocycles. The number of esters is 2. The summed E-state index contributed by atoms with van der Waals surface area (Å²) in [6, 6.07) is 0.465. The van der Waals surface area contributed by atoms with Crippen LogP contribution in [-0.4, -0.2) is 36.6 Å².